The normalized spacial score (nSPS) is 20.0. The number of piperazine rings is 1. The Bertz CT molecular complexity index is 635. The monoisotopic (exact) mass is 347 g/mol. The third-order valence-corrected chi connectivity index (χ3v) is 4.30. The number of carbonyl (C=O) groups is 2. The van der Waals surface area contributed by atoms with Crippen molar-refractivity contribution in [2.75, 3.05) is 32.7 Å². The Morgan fingerprint density at radius 3 is 2.48 bits per heavy atom. The molecule has 0 aliphatic carbocycles. The van der Waals surface area contributed by atoms with Crippen LogP contribution in [0, 0.1) is 0 Å². The largest absolute Gasteiger partial charge is 0.444 e. The number of nitrogens with one attached hydrogen (secondary N) is 1. The number of likely N-dealkylation sites (tertiary alicyclic amines) is 1. The van der Waals surface area contributed by atoms with Crippen molar-refractivity contribution < 1.29 is 19.2 Å². The highest BCUT2D eigenvalue weighted by atomic mass is 16.7. The molecule has 25 heavy (non-hydrogen) atoms. The zero-order valence-electron chi connectivity index (χ0n) is 14.9. The lowest BCUT2D eigenvalue weighted by Gasteiger charge is -2.55. The molecule has 1 amide bonds. The van der Waals surface area contributed by atoms with E-state index in [0.717, 1.165) is 6.54 Å². The number of amides is 1. The summed E-state index contributed by atoms with van der Waals surface area (Å²) in [5, 5.41) is 5.04. The average molecular weight is 347 g/mol. The minimum Gasteiger partial charge on any atom is -0.444 e. The molecule has 3 rings (SSSR count). The molecular weight excluding hydrogens is 322 g/mol. The number of benzene rings is 1. The summed E-state index contributed by atoms with van der Waals surface area (Å²) in [6, 6.07) is 8.92. The molecule has 2 saturated heterocycles. The summed E-state index contributed by atoms with van der Waals surface area (Å²) in [7, 11) is 0. The second-order valence-electron chi connectivity index (χ2n) is 7.58. The third kappa shape index (κ3) is 3.93. The van der Waals surface area contributed by atoms with E-state index in [9.17, 15) is 9.59 Å². The smallest absolute Gasteiger partial charge is 0.410 e. The lowest BCUT2D eigenvalue weighted by atomic mass is 9.88. The van der Waals surface area contributed by atoms with E-state index in [4.69, 9.17) is 9.57 Å². The molecule has 0 unspecified atom stereocenters. The number of hydroxylamine groups is 2. The second kappa shape index (κ2) is 6.65. The van der Waals surface area contributed by atoms with Gasteiger partial charge in [-0.2, -0.15) is 0 Å². The van der Waals surface area contributed by atoms with E-state index in [1.807, 2.05) is 26.8 Å². The van der Waals surface area contributed by atoms with Gasteiger partial charge in [0.2, 0.25) is 0 Å². The van der Waals surface area contributed by atoms with Crippen LogP contribution in [-0.2, 0) is 9.57 Å². The summed E-state index contributed by atoms with van der Waals surface area (Å²) >= 11 is 0. The van der Waals surface area contributed by atoms with Gasteiger partial charge in [-0.15, -0.1) is 5.06 Å². The zero-order valence-corrected chi connectivity index (χ0v) is 14.9. The van der Waals surface area contributed by atoms with Crippen molar-refractivity contribution in [2.24, 2.45) is 0 Å². The first kappa shape index (κ1) is 17.7. The number of nitrogens with zero attached hydrogens (tertiary/aromatic N) is 2. The van der Waals surface area contributed by atoms with Crippen LogP contribution >= 0.6 is 0 Å². The Hall–Kier alpha value is -2.12. The van der Waals surface area contributed by atoms with E-state index in [1.165, 1.54) is 0 Å². The van der Waals surface area contributed by atoms with Gasteiger partial charge < -0.3 is 19.8 Å². The first-order chi connectivity index (χ1) is 11.8. The molecule has 7 heteroatoms. The highest BCUT2D eigenvalue weighted by Gasteiger charge is 2.53. The minimum atomic E-state index is -0.524. The van der Waals surface area contributed by atoms with Gasteiger partial charge >= 0.3 is 12.1 Å². The molecular formula is C18H25N3O4. The number of rotatable bonds is 2. The lowest BCUT2D eigenvalue weighted by molar-refractivity contribution is -0.223. The van der Waals surface area contributed by atoms with E-state index in [1.54, 1.807) is 34.2 Å². The third-order valence-electron chi connectivity index (χ3n) is 4.30. The Morgan fingerprint density at radius 2 is 1.84 bits per heavy atom. The summed E-state index contributed by atoms with van der Waals surface area (Å²) in [6.07, 6.45) is -0.335. The topological polar surface area (TPSA) is 71.1 Å². The van der Waals surface area contributed by atoms with Gasteiger partial charge in [0.05, 0.1) is 5.56 Å². The Balaban J connectivity index is 1.63. The van der Waals surface area contributed by atoms with Gasteiger partial charge in [0.15, 0.2) is 0 Å². The van der Waals surface area contributed by atoms with Crippen molar-refractivity contribution in [3.05, 3.63) is 35.9 Å². The van der Waals surface area contributed by atoms with E-state index >= 15 is 0 Å². The van der Waals surface area contributed by atoms with Crippen LogP contribution in [0.4, 0.5) is 4.79 Å². The molecule has 2 aliphatic rings. The van der Waals surface area contributed by atoms with Crippen LogP contribution in [-0.4, -0.2) is 65.9 Å². The van der Waals surface area contributed by atoms with Crippen LogP contribution in [0.25, 0.3) is 0 Å². The fourth-order valence-electron chi connectivity index (χ4n) is 3.09. The predicted molar refractivity (Wildman–Crippen MR) is 92.0 cm³/mol. The van der Waals surface area contributed by atoms with Crippen molar-refractivity contribution in [3.63, 3.8) is 0 Å². The predicted octanol–water partition coefficient (Wildman–Crippen LogP) is 1.65. The van der Waals surface area contributed by atoms with Gasteiger partial charge in [0, 0.05) is 32.7 Å². The number of hydrogen-bond acceptors (Lipinski definition) is 6. The fourth-order valence-corrected chi connectivity index (χ4v) is 3.09. The molecule has 0 saturated carbocycles. The standard InChI is InChI=1S/C18H25N3O4/c1-17(2,3)24-16(23)20-12-18(13-20)11-19-9-10-21(18)25-15(22)14-7-5-4-6-8-14/h4-8,19H,9-13H2,1-3H3. The highest BCUT2D eigenvalue weighted by molar-refractivity contribution is 5.89. The summed E-state index contributed by atoms with van der Waals surface area (Å²) in [4.78, 5) is 31.8. The first-order valence-corrected chi connectivity index (χ1v) is 8.53. The average Bonchev–Trinajstić information content (AvgIpc) is 2.52. The Kier molecular flexibility index (Phi) is 4.71. The molecule has 0 atom stereocenters. The summed E-state index contributed by atoms with van der Waals surface area (Å²) in [5.74, 6) is -0.377. The van der Waals surface area contributed by atoms with Gasteiger partial charge in [0.25, 0.3) is 0 Å². The van der Waals surface area contributed by atoms with E-state index in [0.29, 0.717) is 31.7 Å². The van der Waals surface area contributed by atoms with Crippen LogP contribution < -0.4 is 5.32 Å². The quantitative estimate of drug-likeness (QED) is 0.877. The fraction of sp³-hybridized carbons (Fsp3) is 0.556. The van der Waals surface area contributed by atoms with Crippen molar-refractivity contribution in [1.82, 2.24) is 15.3 Å². The van der Waals surface area contributed by atoms with Crippen molar-refractivity contribution in [3.8, 4) is 0 Å². The molecule has 2 fully saturated rings. The second-order valence-corrected chi connectivity index (χ2v) is 7.58. The Labute approximate surface area is 147 Å². The molecule has 2 heterocycles. The maximum atomic E-state index is 12.4. The van der Waals surface area contributed by atoms with Gasteiger partial charge in [-0.05, 0) is 32.9 Å². The maximum Gasteiger partial charge on any atom is 0.410 e. The SMILES string of the molecule is CC(C)(C)OC(=O)N1CC2(CNCCN2OC(=O)c2ccccc2)C1. The molecule has 0 radical (unpaired) electrons. The summed E-state index contributed by atoms with van der Waals surface area (Å²) in [5.41, 5.74) is -0.400. The van der Waals surface area contributed by atoms with Crippen LogP contribution in [0.3, 0.4) is 0 Å². The molecule has 7 nitrogen and oxygen atoms in total. The van der Waals surface area contributed by atoms with Crippen LogP contribution in [0.15, 0.2) is 30.3 Å². The van der Waals surface area contributed by atoms with E-state index in [-0.39, 0.29) is 17.6 Å². The van der Waals surface area contributed by atoms with Gasteiger partial charge in [-0.25, -0.2) is 9.59 Å². The number of carbonyl (C=O) groups excluding carboxylic acids is 2. The van der Waals surface area contributed by atoms with Gasteiger partial charge in [0.1, 0.15) is 11.1 Å². The van der Waals surface area contributed by atoms with Crippen molar-refractivity contribution in [2.45, 2.75) is 31.9 Å². The molecule has 0 aromatic heterocycles. The maximum absolute atomic E-state index is 12.4. The molecule has 1 aromatic carbocycles. The number of ether oxygens (including phenoxy) is 1. The highest BCUT2D eigenvalue weighted by Crippen LogP contribution is 2.31. The van der Waals surface area contributed by atoms with E-state index < -0.39 is 5.60 Å². The van der Waals surface area contributed by atoms with Crippen LogP contribution in [0.2, 0.25) is 0 Å². The first-order valence-electron chi connectivity index (χ1n) is 8.53. The molecule has 1 spiro atoms. The summed E-state index contributed by atoms with van der Waals surface area (Å²) < 4.78 is 5.40. The minimum absolute atomic E-state index is 0.335. The Morgan fingerprint density at radius 1 is 1.16 bits per heavy atom. The number of hydrogen-bond donors (Lipinski definition) is 1. The molecule has 1 N–H and O–H groups in total. The van der Waals surface area contributed by atoms with Crippen LogP contribution in [0.5, 0.6) is 0 Å². The van der Waals surface area contributed by atoms with Crippen molar-refractivity contribution in [1.29, 1.82) is 0 Å². The molecule has 0 bridgehead atoms. The molecule has 2 aliphatic heterocycles. The van der Waals surface area contributed by atoms with Gasteiger partial charge in [-0.3, -0.25) is 0 Å². The van der Waals surface area contributed by atoms with Crippen LogP contribution in [0.1, 0.15) is 31.1 Å². The zero-order chi connectivity index (χ0) is 18.1. The van der Waals surface area contributed by atoms with E-state index in [2.05, 4.69) is 5.32 Å². The molecule has 1 aromatic rings. The van der Waals surface area contributed by atoms with Gasteiger partial charge in [-0.1, -0.05) is 18.2 Å². The van der Waals surface area contributed by atoms with Crippen molar-refractivity contribution >= 4 is 12.1 Å². The summed E-state index contributed by atoms with van der Waals surface area (Å²) in [6.45, 7) is 8.45. The molecule has 136 valence electrons. The lowest BCUT2D eigenvalue weighted by Crippen LogP contribution is -2.77.